The number of piperidine rings is 1. The second-order valence-electron chi connectivity index (χ2n) is 4.90. The summed E-state index contributed by atoms with van der Waals surface area (Å²) < 4.78 is 39.3. The van der Waals surface area contributed by atoms with Gasteiger partial charge in [-0.3, -0.25) is 14.3 Å². The molecule has 1 heterocycles. The highest BCUT2D eigenvalue weighted by Gasteiger charge is 2.33. The summed E-state index contributed by atoms with van der Waals surface area (Å²) in [5.74, 6) is -1.04. The molecular formula is C14H15F3N2O3. The smallest absolute Gasteiger partial charge is 0.349 e. The summed E-state index contributed by atoms with van der Waals surface area (Å²) in [6.45, 7) is -1.10. The van der Waals surface area contributed by atoms with Crippen molar-refractivity contribution in [2.45, 2.75) is 31.3 Å². The van der Waals surface area contributed by atoms with E-state index in [1.807, 2.05) is 0 Å². The molecule has 0 bridgehead atoms. The van der Waals surface area contributed by atoms with E-state index in [4.69, 9.17) is 0 Å². The zero-order valence-electron chi connectivity index (χ0n) is 11.5. The summed E-state index contributed by atoms with van der Waals surface area (Å²) in [6.07, 6.45) is -4.30. The molecule has 2 atom stereocenters. The van der Waals surface area contributed by atoms with Crippen molar-refractivity contribution >= 4 is 11.8 Å². The third kappa shape index (κ3) is 4.73. The van der Waals surface area contributed by atoms with E-state index in [1.54, 1.807) is 30.3 Å². The van der Waals surface area contributed by atoms with Crippen molar-refractivity contribution < 1.29 is 27.5 Å². The van der Waals surface area contributed by atoms with E-state index in [1.165, 1.54) is 0 Å². The van der Waals surface area contributed by atoms with Gasteiger partial charge in [-0.2, -0.15) is 0 Å². The fourth-order valence-electron chi connectivity index (χ4n) is 2.33. The molecular weight excluding hydrogens is 301 g/mol. The Morgan fingerprint density at radius 3 is 2.64 bits per heavy atom. The van der Waals surface area contributed by atoms with Crippen LogP contribution in [0.1, 0.15) is 24.4 Å². The lowest BCUT2D eigenvalue weighted by atomic mass is 9.92. The zero-order valence-corrected chi connectivity index (χ0v) is 11.5. The van der Waals surface area contributed by atoms with Gasteiger partial charge >= 0.3 is 6.36 Å². The number of hydrogen-bond acceptors (Lipinski definition) is 3. The average molecular weight is 316 g/mol. The van der Waals surface area contributed by atoms with E-state index in [-0.39, 0.29) is 12.3 Å². The van der Waals surface area contributed by atoms with E-state index in [2.05, 4.69) is 15.4 Å². The van der Waals surface area contributed by atoms with Crippen LogP contribution < -0.4 is 10.6 Å². The van der Waals surface area contributed by atoms with Gasteiger partial charge < -0.3 is 10.6 Å². The molecule has 2 rings (SSSR count). The highest BCUT2D eigenvalue weighted by atomic mass is 19.4. The quantitative estimate of drug-likeness (QED) is 0.888. The number of rotatable bonds is 4. The Balaban J connectivity index is 2.01. The molecule has 0 spiro atoms. The number of alkyl halides is 3. The third-order valence-electron chi connectivity index (χ3n) is 3.27. The fraction of sp³-hybridized carbons (Fsp3) is 0.429. The molecule has 0 aliphatic carbocycles. The molecule has 0 unspecified atom stereocenters. The Kier molecular flexibility index (Phi) is 5.02. The molecule has 1 aliphatic rings. The number of nitrogens with one attached hydrogen (secondary N) is 2. The Morgan fingerprint density at radius 1 is 1.32 bits per heavy atom. The lowest BCUT2D eigenvalue weighted by Gasteiger charge is -2.33. The lowest BCUT2D eigenvalue weighted by Crippen LogP contribution is -2.51. The number of hydrogen-bond donors (Lipinski definition) is 2. The molecule has 0 saturated carbocycles. The summed E-state index contributed by atoms with van der Waals surface area (Å²) in [6, 6.07) is 7.97. The molecule has 1 aliphatic heterocycles. The van der Waals surface area contributed by atoms with Crippen molar-refractivity contribution in [3.05, 3.63) is 35.9 Å². The van der Waals surface area contributed by atoms with E-state index in [9.17, 15) is 22.8 Å². The molecule has 2 N–H and O–H groups in total. The maximum absolute atomic E-state index is 11.9. The summed E-state index contributed by atoms with van der Waals surface area (Å²) in [5, 5.41) is 5.23. The van der Waals surface area contributed by atoms with Gasteiger partial charge in [0.25, 0.3) is 0 Å². The van der Waals surface area contributed by atoms with Crippen molar-refractivity contribution in [1.29, 1.82) is 0 Å². The van der Waals surface area contributed by atoms with Gasteiger partial charge in [0.2, 0.25) is 11.8 Å². The number of ether oxygens (including phenoxy) is 1. The number of amides is 2. The monoisotopic (exact) mass is 316 g/mol. The first-order chi connectivity index (χ1) is 10.3. The van der Waals surface area contributed by atoms with Crippen molar-refractivity contribution in [3.8, 4) is 0 Å². The molecule has 22 heavy (non-hydrogen) atoms. The number of carbonyl (C=O) groups is 2. The second kappa shape index (κ2) is 6.78. The number of benzene rings is 1. The average Bonchev–Trinajstić information content (AvgIpc) is 2.47. The fourth-order valence-corrected chi connectivity index (χ4v) is 2.33. The van der Waals surface area contributed by atoms with Crippen molar-refractivity contribution in [1.82, 2.24) is 10.6 Å². The van der Waals surface area contributed by atoms with E-state index < -0.39 is 31.0 Å². The van der Waals surface area contributed by atoms with Crippen molar-refractivity contribution in [2.24, 2.45) is 0 Å². The highest BCUT2D eigenvalue weighted by molar-refractivity contribution is 5.80. The van der Waals surface area contributed by atoms with Crippen LogP contribution in [-0.4, -0.2) is 30.8 Å². The topological polar surface area (TPSA) is 67.4 Å². The summed E-state index contributed by atoms with van der Waals surface area (Å²) >= 11 is 0. The molecule has 5 nitrogen and oxygen atoms in total. The maximum Gasteiger partial charge on any atom is 0.523 e. The summed E-state index contributed by atoms with van der Waals surface area (Å²) in [5.41, 5.74) is 0.776. The third-order valence-corrected chi connectivity index (χ3v) is 3.27. The van der Waals surface area contributed by atoms with Crippen LogP contribution in [0.4, 0.5) is 13.2 Å². The van der Waals surface area contributed by atoms with Crippen LogP contribution in [0.15, 0.2) is 30.3 Å². The summed E-state index contributed by atoms with van der Waals surface area (Å²) in [7, 11) is 0. The Labute approximate surface area is 124 Å². The van der Waals surface area contributed by atoms with Gasteiger partial charge in [0.15, 0.2) is 0 Å². The van der Waals surface area contributed by atoms with Crippen LogP contribution in [0.2, 0.25) is 0 Å². The molecule has 2 amide bonds. The van der Waals surface area contributed by atoms with Gasteiger partial charge in [-0.1, -0.05) is 30.3 Å². The molecule has 1 fully saturated rings. The molecule has 1 saturated heterocycles. The normalized spacial score (nSPS) is 22.0. The van der Waals surface area contributed by atoms with Gasteiger partial charge in [-0.15, -0.1) is 13.2 Å². The molecule has 8 heteroatoms. The molecule has 1 aromatic rings. The van der Waals surface area contributed by atoms with E-state index >= 15 is 0 Å². The van der Waals surface area contributed by atoms with Crippen LogP contribution in [0.5, 0.6) is 0 Å². The molecule has 120 valence electrons. The Bertz CT molecular complexity index is 534. The summed E-state index contributed by atoms with van der Waals surface area (Å²) in [4.78, 5) is 23.1. The standard InChI is InChI=1S/C14H15F3N2O3/c15-14(16,17)22-8-12(21)18-10-6-7-11(20)19-13(10)9-4-2-1-3-5-9/h1-5,10,13H,6-8H2,(H,18,21)(H,19,20)/t10-,13+/m1/s1. The van der Waals surface area contributed by atoms with E-state index in [0.29, 0.717) is 6.42 Å². The van der Waals surface area contributed by atoms with E-state index in [0.717, 1.165) is 5.56 Å². The molecule has 0 radical (unpaired) electrons. The van der Waals surface area contributed by atoms with Gasteiger partial charge in [0.05, 0.1) is 12.1 Å². The largest absolute Gasteiger partial charge is 0.523 e. The van der Waals surface area contributed by atoms with Crippen LogP contribution in [0.25, 0.3) is 0 Å². The Hall–Kier alpha value is -2.09. The second-order valence-corrected chi connectivity index (χ2v) is 4.90. The highest BCUT2D eigenvalue weighted by Crippen LogP contribution is 2.24. The predicted octanol–water partition coefficient (Wildman–Crippen LogP) is 1.66. The van der Waals surface area contributed by atoms with Crippen LogP contribution in [0, 0.1) is 0 Å². The van der Waals surface area contributed by atoms with Crippen molar-refractivity contribution in [2.75, 3.05) is 6.61 Å². The molecule has 1 aromatic carbocycles. The minimum absolute atomic E-state index is 0.161. The van der Waals surface area contributed by atoms with Gasteiger partial charge in [-0.25, -0.2) is 0 Å². The lowest BCUT2D eigenvalue weighted by molar-refractivity contribution is -0.321. The first-order valence-electron chi connectivity index (χ1n) is 6.69. The van der Waals surface area contributed by atoms with Crippen molar-refractivity contribution in [3.63, 3.8) is 0 Å². The van der Waals surface area contributed by atoms with Crippen LogP contribution in [0.3, 0.4) is 0 Å². The minimum Gasteiger partial charge on any atom is -0.349 e. The van der Waals surface area contributed by atoms with Gasteiger partial charge in [0.1, 0.15) is 6.61 Å². The Morgan fingerprint density at radius 2 is 2.00 bits per heavy atom. The molecule has 0 aromatic heterocycles. The predicted molar refractivity (Wildman–Crippen MR) is 70.5 cm³/mol. The van der Waals surface area contributed by atoms with Crippen LogP contribution >= 0.6 is 0 Å². The first kappa shape index (κ1) is 16.3. The zero-order chi connectivity index (χ0) is 16.2. The minimum atomic E-state index is -4.85. The van der Waals surface area contributed by atoms with Gasteiger partial charge in [-0.05, 0) is 12.0 Å². The first-order valence-corrected chi connectivity index (χ1v) is 6.69. The van der Waals surface area contributed by atoms with Gasteiger partial charge in [0, 0.05) is 6.42 Å². The maximum atomic E-state index is 11.9. The number of halogens is 3. The SMILES string of the molecule is O=C(COC(F)(F)F)N[C@@H]1CCC(=O)N[C@H]1c1ccccc1. The van der Waals surface area contributed by atoms with Crippen LogP contribution in [-0.2, 0) is 14.3 Å². The number of carbonyl (C=O) groups excluding carboxylic acids is 2.